The minimum atomic E-state index is -0.264. The Morgan fingerprint density at radius 3 is 2.53 bits per heavy atom. The molecule has 1 fully saturated rings. The largest absolute Gasteiger partial charge is 0.493 e. The number of amides is 1. The topological polar surface area (TPSA) is 99.9 Å². The Balaban J connectivity index is 2.13. The molecule has 102 valence electrons. The zero-order chi connectivity index (χ0) is 14.0. The third-order valence-corrected chi connectivity index (χ3v) is 3.18. The summed E-state index contributed by atoms with van der Waals surface area (Å²) < 4.78 is 10.4. The highest BCUT2D eigenvalue weighted by molar-refractivity contribution is 5.94. The van der Waals surface area contributed by atoms with Gasteiger partial charge in [-0.3, -0.25) is 4.79 Å². The predicted octanol–water partition coefficient (Wildman–Crippen LogP) is 0.607. The van der Waals surface area contributed by atoms with E-state index < -0.39 is 0 Å². The molecule has 6 heteroatoms. The zero-order valence-corrected chi connectivity index (χ0v) is 10.9. The lowest BCUT2D eigenvalue weighted by Gasteiger charge is -2.09. The van der Waals surface area contributed by atoms with Crippen molar-refractivity contribution in [2.75, 3.05) is 14.2 Å². The minimum absolute atomic E-state index is 0.139. The molecule has 0 spiro atoms. The fourth-order valence-electron chi connectivity index (χ4n) is 2.13. The Morgan fingerprint density at radius 1 is 1.26 bits per heavy atom. The van der Waals surface area contributed by atoms with Gasteiger partial charge in [0.25, 0.3) is 5.91 Å². The van der Waals surface area contributed by atoms with E-state index in [0.29, 0.717) is 11.5 Å². The molecule has 1 saturated carbocycles. The number of carbonyl (C=O) groups excluding carboxylic acids is 1. The second-order valence-corrected chi connectivity index (χ2v) is 4.44. The monoisotopic (exact) mass is 263 g/mol. The van der Waals surface area contributed by atoms with Gasteiger partial charge in [0.2, 0.25) is 0 Å². The number of hydrogen-bond acceptors (Lipinski definition) is 3. The van der Waals surface area contributed by atoms with Crippen molar-refractivity contribution >= 4 is 11.9 Å². The van der Waals surface area contributed by atoms with Gasteiger partial charge in [-0.05, 0) is 30.0 Å². The molecule has 0 aliphatic heterocycles. The van der Waals surface area contributed by atoms with Crippen molar-refractivity contribution in [3.63, 3.8) is 0 Å². The van der Waals surface area contributed by atoms with Gasteiger partial charge in [0.1, 0.15) is 0 Å². The first-order valence-electron chi connectivity index (χ1n) is 5.92. The molecule has 6 nitrogen and oxygen atoms in total. The van der Waals surface area contributed by atoms with Gasteiger partial charge in [0.05, 0.1) is 14.2 Å². The third kappa shape index (κ3) is 2.78. The molecule has 1 aliphatic carbocycles. The van der Waals surface area contributed by atoms with Crippen molar-refractivity contribution in [2.24, 2.45) is 22.4 Å². The van der Waals surface area contributed by atoms with Gasteiger partial charge in [0.15, 0.2) is 17.5 Å². The van der Waals surface area contributed by atoms with Crippen LogP contribution in [0.25, 0.3) is 0 Å². The molecule has 0 bridgehead atoms. The number of rotatable bonds is 4. The van der Waals surface area contributed by atoms with Crippen LogP contribution in [0, 0.1) is 5.92 Å². The van der Waals surface area contributed by atoms with Crippen LogP contribution in [0.3, 0.4) is 0 Å². The lowest BCUT2D eigenvalue weighted by Crippen LogP contribution is -2.24. The standard InChI is InChI=1S/C13H17N3O3/c1-18-10-4-3-7(5-11(10)19-2)8-6-9(8)12(17)16-13(14)15/h3-5,8-9H,6H2,1-2H3,(H4,14,15,16,17). The number of hydrogen-bond donors (Lipinski definition) is 2. The quantitative estimate of drug-likeness (QED) is 0.612. The fraction of sp³-hybridized carbons (Fsp3) is 0.385. The first-order valence-corrected chi connectivity index (χ1v) is 5.92. The van der Waals surface area contributed by atoms with Crippen LogP contribution in [0.4, 0.5) is 0 Å². The van der Waals surface area contributed by atoms with Crippen molar-refractivity contribution in [1.82, 2.24) is 0 Å². The third-order valence-electron chi connectivity index (χ3n) is 3.18. The van der Waals surface area contributed by atoms with E-state index in [-0.39, 0.29) is 23.7 Å². The van der Waals surface area contributed by atoms with E-state index in [1.165, 1.54) is 0 Å². The number of guanidine groups is 1. The predicted molar refractivity (Wildman–Crippen MR) is 71.2 cm³/mol. The number of methoxy groups -OCH3 is 2. The van der Waals surface area contributed by atoms with Crippen LogP contribution in [0.1, 0.15) is 17.9 Å². The minimum Gasteiger partial charge on any atom is -0.493 e. The Hall–Kier alpha value is -2.24. The molecule has 1 aromatic carbocycles. The van der Waals surface area contributed by atoms with E-state index in [1.807, 2.05) is 18.2 Å². The highest BCUT2D eigenvalue weighted by atomic mass is 16.5. The molecule has 0 aromatic heterocycles. The molecule has 2 atom stereocenters. The summed E-state index contributed by atoms with van der Waals surface area (Å²) in [4.78, 5) is 15.2. The summed E-state index contributed by atoms with van der Waals surface area (Å²) in [6, 6.07) is 5.63. The van der Waals surface area contributed by atoms with Crippen LogP contribution in [0.2, 0.25) is 0 Å². The average molecular weight is 263 g/mol. The van der Waals surface area contributed by atoms with Gasteiger partial charge in [-0.15, -0.1) is 0 Å². The molecule has 0 radical (unpaired) electrons. The molecular weight excluding hydrogens is 246 g/mol. The van der Waals surface area contributed by atoms with Crippen LogP contribution in [-0.2, 0) is 4.79 Å². The molecule has 2 unspecified atom stereocenters. The van der Waals surface area contributed by atoms with Crippen LogP contribution in [0.15, 0.2) is 23.2 Å². The zero-order valence-electron chi connectivity index (χ0n) is 10.9. The first-order chi connectivity index (χ1) is 9.06. The first kappa shape index (κ1) is 13.2. The molecule has 1 aromatic rings. The molecule has 19 heavy (non-hydrogen) atoms. The summed E-state index contributed by atoms with van der Waals surface area (Å²) in [6.07, 6.45) is 0.755. The van der Waals surface area contributed by atoms with E-state index in [1.54, 1.807) is 14.2 Å². The Labute approximate surface area is 111 Å². The van der Waals surface area contributed by atoms with Crippen LogP contribution in [0.5, 0.6) is 11.5 Å². The highest BCUT2D eigenvalue weighted by Gasteiger charge is 2.44. The summed E-state index contributed by atoms with van der Waals surface area (Å²) >= 11 is 0. The van der Waals surface area contributed by atoms with E-state index in [2.05, 4.69) is 4.99 Å². The Bertz CT molecular complexity index is 524. The van der Waals surface area contributed by atoms with Gasteiger partial charge in [-0.1, -0.05) is 6.07 Å². The van der Waals surface area contributed by atoms with Crippen molar-refractivity contribution in [2.45, 2.75) is 12.3 Å². The van der Waals surface area contributed by atoms with E-state index in [4.69, 9.17) is 20.9 Å². The van der Waals surface area contributed by atoms with E-state index >= 15 is 0 Å². The molecular formula is C13H17N3O3. The second-order valence-electron chi connectivity index (χ2n) is 4.44. The number of carbonyl (C=O) groups is 1. The molecule has 1 aliphatic rings. The normalized spacial score (nSPS) is 20.5. The SMILES string of the molecule is COc1ccc(C2CC2C(=O)N=C(N)N)cc1OC. The van der Waals surface area contributed by atoms with Gasteiger partial charge < -0.3 is 20.9 Å². The van der Waals surface area contributed by atoms with Gasteiger partial charge >= 0.3 is 0 Å². The van der Waals surface area contributed by atoms with Gasteiger partial charge in [-0.25, -0.2) is 0 Å². The summed E-state index contributed by atoms with van der Waals surface area (Å²) in [6.45, 7) is 0. The maximum Gasteiger partial charge on any atom is 0.252 e. The van der Waals surface area contributed by atoms with Crippen LogP contribution in [-0.4, -0.2) is 26.1 Å². The number of benzene rings is 1. The Kier molecular flexibility index (Phi) is 3.59. The molecule has 2 rings (SSSR count). The van der Waals surface area contributed by atoms with E-state index in [9.17, 15) is 4.79 Å². The summed E-state index contributed by atoms with van der Waals surface area (Å²) in [5.41, 5.74) is 11.4. The number of nitrogens with zero attached hydrogens (tertiary/aromatic N) is 1. The molecule has 0 heterocycles. The van der Waals surface area contributed by atoms with Gasteiger partial charge in [0, 0.05) is 5.92 Å². The van der Waals surface area contributed by atoms with Crippen molar-refractivity contribution in [3.05, 3.63) is 23.8 Å². The van der Waals surface area contributed by atoms with Crippen LogP contribution < -0.4 is 20.9 Å². The van der Waals surface area contributed by atoms with E-state index in [0.717, 1.165) is 12.0 Å². The van der Waals surface area contributed by atoms with Gasteiger partial charge in [-0.2, -0.15) is 4.99 Å². The second kappa shape index (κ2) is 5.17. The highest BCUT2D eigenvalue weighted by Crippen LogP contribution is 2.49. The maximum absolute atomic E-state index is 11.7. The molecule has 1 amide bonds. The number of nitrogens with two attached hydrogens (primary N) is 2. The fourth-order valence-corrected chi connectivity index (χ4v) is 2.13. The molecule has 0 saturated heterocycles. The Morgan fingerprint density at radius 2 is 1.95 bits per heavy atom. The van der Waals surface area contributed by atoms with Crippen molar-refractivity contribution in [1.29, 1.82) is 0 Å². The maximum atomic E-state index is 11.7. The number of ether oxygens (including phenoxy) is 2. The number of aliphatic imine (C=N–C) groups is 1. The average Bonchev–Trinajstić information content (AvgIpc) is 3.17. The van der Waals surface area contributed by atoms with Crippen molar-refractivity contribution in [3.8, 4) is 11.5 Å². The summed E-state index contributed by atoms with van der Waals surface area (Å²) in [5.74, 6) is 0.872. The van der Waals surface area contributed by atoms with Crippen LogP contribution >= 0.6 is 0 Å². The lowest BCUT2D eigenvalue weighted by atomic mass is 10.1. The smallest absolute Gasteiger partial charge is 0.252 e. The lowest BCUT2D eigenvalue weighted by molar-refractivity contribution is -0.119. The molecule has 4 N–H and O–H groups in total. The summed E-state index contributed by atoms with van der Waals surface area (Å²) in [5, 5.41) is 0. The summed E-state index contributed by atoms with van der Waals surface area (Å²) in [7, 11) is 3.16. The van der Waals surface area contributed by atoms with Crippen molar-refractivity contribution < 1.29 is 14.3 Å².